The van der Waals surface area contributed by atoms with Gasteiger partial charge in [-0.05, 0) is 37.1 Å². The van der Waals surface area contributed by atoms with E-state index in [9.17, 15) is 13.2 Å². The Morgan fingerprint density at radius 3 is 2.38 bits per heavy atom. The van der Waals surface area contributed by atoms with Gasteiger partial charge < -0.3 is 10.6 Å². The molecule has 3 rings (SSSR count). The third-order valence-corrected chi connectivity index (χ3v) is 5.68. The van der Waals surface area contributed by atoms with Gasteiger partial charge in [-0.15, -0.1) is 0 Å². The highest BCUT2D eigenvalue weighted by molar-refractivity contribution is 7.91. The lowest BCUT2D eigenvalue weighted by Crippen LogP contribution is -2.32. The molecule has 0 spiro atoms. The Hall–Kier alpha value is -1.76. The van der Waals surface area contributed by atoms with Crippen LogP contribution in [0.4, 0.5) is 16.2 Å². The Kier molecular flexibility index (Phi) is 3.75. The van der Waals surface area contributed by atoms with Crippen molar-refractivity contribution in [3.8, 4) is 0 Å². The largest absolute Gasteiger partial charge is 0.382 e. The minimum atomic E-state index is -2.82. The molecule has 0 aliphatic carbocycles. The number of anilines is 2. The van der Waals surface area contributed by atoms with E-state index in [2.05, 4.69) is 10.6 Å². The molecule has 1 aromatic carbocycles. The zero-order valence-corrected chi connectivity index (χ0v) is 12.5. The van der Waals surface area contributed by atoms with Gasteiger partial charge in [0.25, 0.3) is 0 Å². The fourth-order valence-corrected chi connectivity index (χ4v) is 4.22. The summed E-state index contributed by atoms with van der Waals surface area (Å²) in [5.74, 6) is 0.521. The first kappa shape index (κ1) is 14.2. The maximum absolute atomic E-state index is 11.6. The average Bonchev–Trinajstić information content (AvgIpc) is 2.88. The number of rotatable bonds is 3. The van der Waals surface area contributed by atoms with E-state index >= 15 is 0 Å². The van der Waals surface area contributed by atoms with Crippen LogP contribution >= 0.6 is 0 Å². The van der Waals surface area contributed by atoms with Gasteiger partial charge >= 0.3 is 6.03 Å². The molecular formula is C14H19N3O3S. The highest BCUT2D eigenvalue weighted by Gasteiger charge is 2.24. The predicted molar refractivity (Wildman–Crippen MR) is 82.5 cm³/mol. The van der Waals surface area contributed by atoms with E-state index < -0.39 is 9.84 Å². The Morgan fingerprint density at radius 1 is 1.14 bits per heavy atom. The number of benzene rings is 1. The molecule has 114 valence electrons. The minimum absolute atomic E-state index is 0.0619. The van der Waals surface area contributed by atoms with Crippen molar-refractivity contribution < 1.29 is 13.2 Å². The summed E-state index contributed by atoms with van der Waals surface area (Å²) in [7, 11) is -2.82. The molecule has 2 fully saturated rings. The lowest BCUT2D eigenvalue weighted by molar-refractivity contribution is 0.252. The molecule has 21 heavy (non-hydrogen) atoms. The van der Waals surface area contributed by atoms with Crippen molar-refractivity contribution in [1.82, 2.24) is 5.32 Å². The number of amides is 2. The molecule has 0 aromatic heterocycles. The molecule has 7 heteroatoms. The second-order valence-corrected chi connectivity index (χ2v) is 7.80. The molecule has 0 radical (unpaired) electrons. The summed E-state index contributed by atoms with van der Waals surface area (Å²) in [5.41, 5.74) is 1.84. The smallest absolute Gasteiger partial charge is 0.321 e. The number of carbonyl (C=O) groups is 1. The second-order valence-electron chi connectivity index (χ2n) is 5.50. The van der Waals surface area contributed by atoms with Gasteiger partial charge in [0.2, 0.25) is 0 Å². The van der Waals surface area contributed by atoms with Gasteiger partial charge in [-0.3, -0.25) is 4.90 Å². The van der Waals surface area contributed by atoms with Crippen LogP contribution in [0.3, 0.4) is 0 Å². The summed E-state index contributed by atoms with van der Waals surface area (Å²) in [4.78, 5) is 13.3. The van der Waals surface area contributed by atoms with Gasteiger partial charge in [0.05, 0.1) is 11.5 Å². The Bertz CT molecular complexity index is 613. The lowest BCUT2D eigenvalue weighted by atomic mass is 10.1. The monoisotopic (exact) mass is 309 g/mol. The number of nitrogens with zero attached hydrogens (tertiary/aromatic N) is 1. The van der Waals surface area contributed by atoms with Crippen molar-refractivity contribution in [2.75, 3.05) is 34.8 Å². The molecule has 0 atom stereocenters. The molecule has 0 saturated carbocycles. The molecule has 1 aromatic rings. The summed E-state index contributed by atoms with van der Waals surface area (Å²) in [6.45, 7) is 1.36. The van der Waals surface area contributed by atoms with Crippen LogP contribution in [0.15, 0.2) is 24.3 Å². The highest BCUT2D eigenvalue weighted by Crippen LogP contribution is 2.22. The summed E-state index contributed by atoms with van der Waals surface area (Å²) in [5, 5.41) is 6.13. The SMILES string of the molecule is O=C1NCCN1c1ccc(NC2CCS(=O)(=O)CC2)cc1. The first-order valence-electron chi connectivity index (χ1n) is 7.16. The molecule has 2 aliphatic rings. The molecule has 0 bridgehead atoms. The number of hydrogen-bond acceptors (Lipinski definition) is 4. The molecule has 2 amide bonds. The number of urea groups is 1. The van der Waals surface area contributed by atoms with Crippen LogP contribution in [0.5, 0.6) is 0 Å². The van der Waals surface area contributed by atoms with E-state index in [0.717, 1.165) is 11.4 Å². The second kappa shape index (κ2) is 5.55. The molecule has 2 N–H and O–H groups in total. The fraction of sp³-hybridized carbons (Fsp3) is 0.500. The lowest BCUT2D eigenvalue weighted by Gasteiger charge is -2.24. The van der Waals surface area contributed by atoms with E-state index in [1.165, 1.54) is 0 Å². The van der Waals surface area contributed by atoms with Gasteiger partial charge in [0.15, 0.2) is 0 Å². The van der Waals surface area contributed by atoms with Gasteiger partial charge in [0.1, 0.15) is 9.84 Å². The summed E-state index contributed by atoms with van der Waals surface area (Å²) in [6.07, 6.45) is 1.30. The molecule has 2 heterocycles. The molecule has 2 aliphatic heterocycles. The van der Waals surface area contributed by atoms with E-state index in [4.69, 9.17) is 0 Å². The quantitative estimate of drug-likeness (QED) is 0.879. The number of nitrogens with one attached hydrogen (secondary N) is 2. The number of sulfone groups is 1. The molecule has 0 unspecified atom stereocenters. The van der Waals surface area contributed by atoms with Crippen LogP contribution in [0.25, 0.3) is 0 Å². The first-order chi connectivity index (χ1) is 10.0. The van der Waals surface area contributed by atoms with Crippen molar-refractivity contribution in [3.05, 3.63) is 24.3 Å². The van der Waals surface area contributed by atoms with E-state index in [0.29, 0.717) is 25.9 Å². The molecular weight excluding hydrogens is 290 g/mol. The maximum atomic E-state index is 11.6. The van der Waals surface area contributed by atoms with E-state index in [1.54, 1.807) is 4.90 Å². The summed E-state index contributed by atoms with van der Waals surface area (Å²) in [6, 6.07) is 7.83. The van der Waals surface area contributed by atoms with Crippen LogP contribution in [-0.2, 0) is 9.84 Å². The Morgan fingerprint density at radius 2 is 1.81 bits per heavy atom. The summed E-state index contributed by atoms with van der Waals surface area (Å²) < 4.78 is 22.8. The zero-order chi connectivity index (χ0) is 14.9. The van der Waals surface area contributed by atoms with Crippen LogP contribution in [-0.4, -0.2) is 45.1 Å². The van der Waals surface area contributed by atoms with Crippen molar-refractivity contribution in [3.63, 3.8) is 0 Å². The average molecular weight is 309 g/mol. The van der Waals surface area contributed by atoms with Crippen molar-refractivity contribution in [1.29, 1.82) is 0 Å². The topological polar surface area (TPSA) is 78.5 Å². The number of carbonyl (C=O) groups excluding carboxylic acids is 1. The Labute approximate surface area is 124 Å². The highest BCUT2D eigenvalue weighted by atomic mass is 32.2. The van der Waals surface area contributed by atoms with Crippen molar-refractivity contribution >= 4 is 27.2 Å². The number of hydrogen-bond donors (Lipinski definition) is 2. The van der Waals surface area contributed by atoms with Crippen molar-refractivity contribution in [2.24, 2.45) is 0 Å². The van der Waals surface area contributed by atoms with Crippen LogP contribution in [0.2, 0.25) is 0 Å². The van der Waals surface area contributed by atoms with Gasteiger partial charge in [0, 0.05) is 30.5 Å². The maximum Gasteiger partial charge on any atom is 0.321 e. The molecule has 6 nitrogen and oxygen atoms in total. The predicted octanol–water partition coefficient (Wildman–Crippen LogP) is 1.21. The van der Waals surface area contributed by atoms with Gasteiger partial charge in [-0.25, -0.2) is 13.2 Å². The normalized spacial score (nSPS) is 22.1. The minimum Gasteiger partial charge on any atom is -0.382 e. The Balaban J connectivity index is 1.61. The first-order valence-corrected chi connectivity index (χ1v) is 8.98. The van der Waals surface area contributed by atoms with Crippen LogP contribution in [0.1, 0.15) is 12.8 Å². The van der Waals surface area contributed by atoms with Gasteiger partial charge in [-0.1, -0.05) is 0 Å². The standard InChI is InChI=1S/C14H19N3O3S/c18-14-15-7-8-17(14)13-3-1-11(2-4-13)16-12-5-9-21(19,20)10-6-12/h1-4,12,16H,5-10H2,(H,15,18). The van der Waals surface area contributed by atoms with E-state index in [1.807, 2.05) is 24.3 Å². The van der Waals surface area contributed by atoms with Crippen molar-refractivity contribution in [2.45, 2.75) is 18.9 Å². The molecule has 2 saturated heterocycles. The third-order valence-electron chi connectivity index (χ3n) is 3.96. The van der Waals surface area contributed by atoms with Gasteiger partial charge in [-0.2, -0.15) is 0 Å². The van der Waals surface area contributed by atoms with Crippen LogP contribution < -0.4 is 15.5 Å². The zero-order valence-electron chi connectivity index (χ0n) is 11.7. The van der Waals surface area contributed by atoms with Crippen LogP contribution in [0, 0.1) is 0 Å². The van der Waals surface area contributed by atoms with E-state index in [-0.39, 0.29) is 23.6 Å². The third kappa shape index (κ3) is 3.29. The fourth-order valence-electron chi connectivity index (χ4n) is 2.73. The summed E-state index contributed by atoms with van der Waals surface area (Å²) >= 11 is 0.